The number of amides is 3. The highest BCUT2D eigenvalue weighted by Crippen LogP contribution is 2.53. The summed E-state index contributed by atoms with van der Waals surface area (Å²) in [6, 6.07) is 14.7. The normalized spacial score (nSPS) is 19.9. The number of benzene rings is 2. The summed E-state index contributed by atoms with van der Waals surface area (Å²) in [5, 5.41) is 1.92. The van der Waals surface area contributed by atoms with Crippen LogP contribution in [0.5, 0.6) is 0 Å². The first-order valence-corrected chi connectivity index (χ1v) is 14.4. The average molecular weight is 611 g/mol. The van der Waals surface area contributed by atoms with E-state index < -0.39 is 58.0 Å². The molecule has 1 saturated heterocycles. The largest absolute Gasteiger partial charge is 0.416 e. The summed E-state index contributed by atoms with van der Waals surface area (Å²) in [7, 11) is 0. The first kappa shape index (κ1) is 27.9. The molecule has 6 rings (SSSR count). The summed E-state index contributed by atoms with van der Waals surface area (Å²) in [6.07, 6.45) is -1.43. The molecular weight excluding hydrogens is 589 g/mol. The molecular formula is C29H21F3N4O4S2. The van der Waals surface area contributed by atoms with E-state index in [2.05, 4.69) is 10.3 Å². The number of hydrogen-bond acceptors (Lipinski definition) is 7. The maximum atomic E-state index is 13.8. The van der Waals surface area contributed by atoms with Gasteiger partial charge in [-0.25, -0.2) is 4.90 Å². The number of thiazole rings is 1. The fourth-order valence-corrected chi connectivity index (χ4v) is 8.01. The van der Waals surface area contributed by atoms with Crippen molar-refractivity contribution in [3.63, 3.8) is 0 Å². The third kappa shape index (κ3) is 4.92. The maximum Gasteiger partial charge on any atom is 0.416 e. The van der Waals surface area contributed by atoms with Crippen molar-refractivity contribution in [1.29, 1.82) is 0 Å². The van der Waals surface area contributed by atoms with Crippen LogP contribution >= 0.6 is 23.1 Å². The summed E-state index contributed by atoms with van der Waals surface area (Å²) in [5.41, 5.74) is 1.05. The number of aromatic nitrogens is 2. The molecule has 2 aromatic heterocycles. The second-order valence-corrected chi connectivity index (χ2v) is 12.0. The molecule has 1 fully saturated rings. The number of carbonyl (C=O) groups excluding carboxylic acids is 3. The Kier molecular flexibility index (Phi) is 7.01. The van der Waals surface area contributed by atoms with E-state index in [0.717, 1.165) is 40.8 Å². The Hall–Kier alpha value is -4.23. The second-order valence-electron chi connectivity index (χ2n) is 9.93. The minimum Gasteiger partial charge on any atom is -0.325 e. The molecule has 2 aromatic carbocycles. The van der Waals surface area contributed by atoms with Crippen molar-refractivity contribution in [3.05, 3.63) is 104 Å². The van der Waals surface area contributed by atoms with Crippen LogP contribution in [-0.4, -0.2) is 32.5 Å². The van der Waals surface area contributed by atoms with E-state index in [0.29, 0.717) is 21.2 Å². The highest BCUT2D eigenvalue weighted by atomic mass is 32.2. The smallest absolute Gasteiger partial charge is 0.325 e. The maximum absolute atomic E-state index is 13.8. The molecule has 0 aliphatic carbocycles. The molecule has 0 bridgehead atoms. The third-order valence-electron chi connectivity index (χ3n) is 7.16. The van der Waals surface area contributed by atoms with Crippen LogP contribution in [0.4, 0.5) is 24.5 Å². The van der Waals surface area contributed by atoms with Gasteiger partial charge in [-0.2, -0.15) is 13.2 Å². The van der Waals surface area contributed by atoms with Crippen LogP contribution in [0.1, 0.15) is 27.5 Å². The Labute approximate surface area is 245 Å². The lowest BCUT2D eigenvalue weighted by molar-refractivity contribution is -0.137. The minimum atomic E-state index is -4.59. The number of nitrogens with zero attached hydrogens (tertiary/aromatic N) is 3. The first-order valence-electron chi connectivity index (χ1n) is 12.7. The van der Waals surface area contributed by atoms with E-state index >= 15 is 0 Å². The molecule has 0 unspecified atom stereocenters. The topological polar surface area (TPSA) is 101 Å². The van der Waals surface area contributed by atoms with Crippen LogP contribution < -0.4 is 15.1 Å². The van der Waals surface area contributed by atoms with E-state index in [9.17, 15) is 32.3 Å². The summed E-state index contributed by atoms with van der Waals surface area (Å²) in [5.74, 6) is -3.02. The molecule has 4 heterocycles. The van der Waals surface area contributed by atoms with Gasteiger partial charge in [0.05, 0.1) is 22.2 Å². The lowest BCUT2D eigenvalue weighted by atomic mass is 9.84. The standard InChI is InChI=1S/C29H21F3N4O4S2/c1-15-7-9-19(10-8-15)36-25(38)22-21(16-4-3-11-33-13-16)24-27(41-23(22)26(36)39)35(28(40)42-24)14-20(37)34-18-6-2-5-17(12-18)29(30,31)32/h2-13,21-23H,14H2,1H3,(H,34,37)/t21-,22-,23+/m0/s1. The van der Waals surface area contributed by atoms with Crippen LogP contribution in [0.25, 0.3) is 0 Å². The van der Waals surface area contributed by atoms with Crippen LogP contribution in [-0.2, 0) is 27.1 Å². The number of aryl methyl sites for hydroxylation is 1. The van der Waals surface area contributed by atoms with Gasteiger partial charge in [-0.3, -0.25) is 28.7 Å². The van der Waals surface area contributed by atoms with E-state index in [1.54, 1.807) is 48.8 Å². The number of imide groups is 1. The lowest BCUT2D eigenvalue weighted by Gasteiger charge is -2.30. The van der Waals surface area contributed by atoms with Gasteiger partial charge >= 0.3 is 11.0 Å². The summed E-state index contributed by atoms with van der Waals surface area (Å²) in [6.45, 7) is 1.40. The average Bonchev–Trinajstić information content (AvgIpc) is 3.40. The van der Waals surface area contributed by atoms with Gasteiger partial charge in [0.1, 0.15) is 11.8 Å². The summed E-state index contributed by atoms with van der Waals surface area (Å²) < 4.78 is 40.6. The summed E-state index contributed by atoms with van der Waals surface area (Å²) >= 11 is 1.93. The molecule has 2 aliphatic heterocycles. The SMILES string of the molecule is Cc1ccc(N2C(=O)[C@H]3[C@H](c4cccnc4)c4sc(=O)n(CC(=O)Nc5cccc(C(F)(F)F)c5)c4S[C@H]3C2=O)cc1. The molecule has 0 radical (unpaired) electrons. The monoisotopic (exact) mass is 610 g/mol. The molecule has 42 heavy (non-hydrogen) atoms. The van der Waals surface area contributed by atoms with Crippen molar-refractivity contribution in [3.8, 4) is 0 Å². The minimum absolute atomic E-state index is 0.0711. The van der Waals surface area contributed by atoms with Crippen molar-refractivity contribution in [1.82, 2.24) is 9.55 Å². The Morgan fingerprint density at radius 2 is 1.79 bits per heavy atom. The fraction of sp³-hybridized carbons (Fsp3) is 0.207. The predicted octanol–water partition coefficient (Wildman–Crippen LogP) is 5.07. The van der Waals surface area contributed by atoms with Crippen molar-refractivity contribution in [2.45, 2.75) is 35.8 Å². The zero-order valence-electron chi connectivity index (χ0n) is 21.8. The number of anilines is 2. The van der Waals surface area contributed by atoms with Crippen LogP contribution in [0.2, 0.25) is 0 Å². The van der Waals surface area contributed by atoms with Gasteiger partial charge in [0.15, 0.2) is 0 Å². The van der Waals surface area contributed by atoms with Gasteiger partial charge in [-0.15, -0.1) is 0 Å². The molecule has 8 nitrogen and oxygen atoms in total. The molecule has 2 aliphatic rings. The zero-order valence-corrected chi connectivity index (χ0v) is 23.4. The van der Waals surface area contributed by atoms with Gasteiger partial charge in [0, 0.05) is 28.9 Å². The van der Waals surface area contributed by atoms with Gasteiger partial charge in [-0.05, 0) is 48.9 Å². The van der Waals surface area contributed by atoms with Gasteiger partial charge in [-0.1, -0.05) is 52.9 Å². The molecule has 3 amide bonds. The van der Waals surface area contributed by atoms with E-state index in [1.807, 2.05) is 6.92 Å². The number of carbonyl (C=O) groups is 3. The summed E-state index contributed by atoms with van der Waals surface area (Å²) in [4.78, 5) is 59.1. The molecule has 4 aromatic rings. The molecule has 13 heteroatoms. The number of pyridine rings is 1. The molecule has 0 saturated carbocycles. The zero-order chi connectivity index (χ0) is 29.8. The van der Waals surface area contributed by atoms with E-state index in [1.165, 1.54) is 21.6 Å². The Balaban J connectivity index is 1.36. The number of alkyl halides is 3. The number of fused-ring (bicyclic) bond motifs is 2. The number of thioether (sulfide) groups is 1. The van der Waals surface area contributed by atoms with Crippen molar-refractivity contribution < 1.29 is 27.6 Å². The highest BCUT2D eigenvalue weighted by molar-refractivity contribution is 8.00. The molecule has 214 valence electrons. The highest BCUT2D eigenvalue weighted by Gasteiger charge is 2.56. The first-order chi connectivity index (χ1) is 20.0. The Morgan fingerprint density at radius 3 is 2.48 bits per heavy atom. The van der Waals surface area contributed by atoms with Crippen LogP contribution in [0, 0.1) is 12.8 Å². The van der Waals surface area contributed by atoms with E-state index in [-0.39, 0.29) is 5.69 Å². The number of halogens is 3. The Bertz CT molecular complexity index is 1770. The van der Waals surface area contributed by atoms with Crippen molar-refractivity contribution >= 4 is 52.2 Å². The van der Waals surface area contributed by atoms with Gasteiger partial charge < -0.3 is 5.32 Å². The molecule has 3 atom stereocenters. The van der Waals surface area contributed by atoms with Crippen LogP contribution in [0.3, 0.4) is 0 Å². The molecule has 1 N–H and O–H groups in total. The Morgan fingerprint density at radius 1 is 1.02 bits per heavy atom. The predicted molar refractivity (Wildman–Crippen MR) is 152 cm³/mol. The van der Waals surface area contributed by atoms with E-state index in [4.69, 9.17) is 0 Å². The molecule has 0 spiro atoms. The quantitative estimate of drug-likeness (QED) is 0.317. The third-order valence-corrected chi connectivity index (χ3v) is 9.76. The lowest BCUT2D eigenvalue weighted by Crippen LogP contribution is -2.33. The van der Waals surface area contributed by atoms with Crippen LogP contribution in [0.15, 0.2) is 82.9 Å². The van der Waals surface area contributed by atoms with Crippen molar-refractivity contribution in [2.24, 2.45) is 5.92 Å². The van der Waals surface area contributed by atoms with Crippen molar-refractivity contribution in [2.75, 3.05) is 10.2 Å². The number of hydrogen-bond donors (Lipinski definition) is 1. The number of nitrogens with one attached hydrogen (secondary N) is 1. The number of rotatable bonds is 5. The van der Waals surface area contributed by atoms with Gasteiger partial charge in [0.25, 0.3) is 0 Å². The van der Waals surface area contributed by atoms with Gasteiger partial charge in [0.2, 0.25) is 17.7 Å². The second kappa shape index (κ2) is 10.6. The fourth-order valence-electron chi connectivity index (χ4n) is 5.24.